The zero-order chi connectivity index (χ0) is 14.0. The highest BCUT2D eigenvalue weighted by Crippen LogP contribution is 2.51. The number of hydrogen-bond donors (Lipinski definition) is 0. The minimum absolute atomic E-state index is 0.179. The molecule has 2 aliphatic rings. The van der Waals surface area contributed by atoms with Gasteiger partial charge in [0.1, 0.15) is 0 Å². The monoisotopic (exact) mass is 261 g/mol. The molecule has 0 aromatic rings. The van der Waals surface area contributed by atoms with Crippen molar-refractivity contribution in [1.29, 1.82) is 0 Å². The highest BCUT2D eigenvalue weighted by molar-refractivity contribution is 5.73. The number of hydrogen-bond acceptors (Lipinski definition) is 1. The molecule has 4 atom stereocenters. The van der Waals surface area contributed by atoms with Gasteiger partial charge in [0.05, 0.1) is 0 Å². The van der Waals surface area contributed by atoms with Crippen LogP contribution in [-0.4, -0.2) is 23.9 Å². The van der Waals surface area contributed by atoms with E-state index in [2.05, 4.69) is 26.5 Å². The molecule has 0 saturated heterocycles. The summed E-state index contributed by atoms with van der Waals surface area (Å²) in [6.45, 7) is 11.6. The van der Waals surface area contributed by atoms with Crippen LogP contribution in [0.4, 0.5) is 0 Å². The lowest BCUT2D eigenvalue weighted by Crippen LogP contribution is -2.31. The van der Waals surface area contributed by atoms with Crippen LogP contribution < -0.4 is 0 Å². The van der Waals surface area contributed by atoms with E-state index in [0.29, 0.717) is 12.5 Å². The molecule has 0 aromatic heterocycles. The average Bonchev–Trinajstić information content (AvgIpc) is 3.07. The van der Waals surface area contributed by atoms with Crippen LogP contribution in [0.5, 0.6) is 0 Å². The molecular formula is C17H27NO. The third-order valence-electron chi connectivity index (χ3n) is 4.87. The summed E-state index contributed by atoms with van der Waals surface area (Å²) in [5, 5.41) is 0. The molecule has 0 bridgehead atoms. The van der Waals surface area contributed by atoms with Crippen LogP contribution in [-0.2, 0) is 4.79 Å². The molecule has 0 aliphatic heterocycles. The van der Waals surface area contributed by atoms with Gasteiger partial charge in [0, 0.05) is 20.0 Å². The van der Waals surface area contributed by atoms with Crippen molar-refractivity contribution < 1.29 is 4.79 Å². The van der Waals surface area contributed by atoms with Gasteiger partial charge in [0.2, 0.25) is 5.91 Å². The lowest BCUT2D eigenvalue weighted by Gasteiger charge is -2.28. The second kappa shape index (κ2) is 5.94. The van der Waals surface area contributed by atoms with Crippen molar-refractivity contribution in [3.63, 3.8) is 0 Å². The molecule has 1 saturated carbocycles. The first-order valence-corrected chi connectivity index (χ1v) is 7.56. The molecule has 3 unspecified atom stereocenters. The quantitative estimate of drug-likeness (QED) is 0.692. The van der Waals surface area contributed by atoms with Gasteiger partial charge < -0.3 is 4.90 Å². The third-order valence-corrected chi connectivity index (χ3v) is 4.87. The Labute approximate surface area is 117 Å². The molecule has 2 aliphatic carbocycles. The Morgan fingerprint density at radius 2 is 2.26 bits per heavy atom. The molecule has 2 heteroatoms. The zero-order valence-corrected chi connectivity index (χ0v) is 12.6. The molecule has 2 nitrogen and oxygen atoms in total. The molecular weight excluding hydrogens is 234 g/mol. The molecule has 0 heterocycles. The third kappa shape index (κ3) is 3.49. The number of carbonyl (C=O) groups is 1. The topological polar surface area (TPSA) is 20.3 Å². The second-order valence-electron chi connectivity index (χ2n) is 6.45. The summed E-state index contributed by atoms with van der Waals surface area (Å²) in [4.78, 5) is 13.5. The first-order chi connectivity index (χ1) is 9.02. The minimum atomic E-state index is 0.179. The molecule has 1 fully saturated rings. The van der Waals surface area contributed by atoms with Crippen LogP contribution >= 0.6 is 0 Å². The van der Waals surface area contributed by atoms with E-state index < -0.39 is 0 Å². The van der Waals surface area contributed by atoms with Crippen molar-refractivity contribution in [2.24, 2.45) is 23.7 Å². The van der Waals surface area contributed by atoms with E-state index in [0.717, 1.165) is 24.3 Å². The van der Waals surface area contributed by atoms with Crippen molar-refractivity contribution in [3.05, 3.63) is 24.3 Å². The standard InChI is InChI=1S/C17H27NO/c1-5-8-18(14(4)19)11-15-10-17(15)16-7-6-12(2)9-13(16)3/h5,9,13,15-17H,1,6-8,10-11H2,2-4H3/t13?,15-,16?,17?/m1/s1. The van der Waals surface area contributed by atoms with Gasteiger partial charge in [-0.25, -0.2) is 0 Å². The fraction of sp³-hybridized carbons (Fsp3) is 0.706. The van der Waals surface area contributed by atoms with Gasteiger partial charge in [0.25, 0.3) is 0 Å². The highest BCUT2D eigenvalue weighted by Gasteiger charge is 2.45. The van der Waals surface area contributed by atoms with Gasteiger partial charge in [-0.2, -0.15) is 0 Å². The summed E-state index contributed by atoms with van der Waals surface area (Å²) >= 11 is 0. The fourth-order valence-electron chi connectivity index (χ4n) is 3.69. The summed E-state index contributed by atoms with van der Waals surface area (Å²) < 4.78 is 0. The van der Waals surface area contributed by atoms with Gasteiger partial charge >= 0.3 is 0 Å². The van der Waals surface area contributed by atoms with Gasteiger partial charge in [0.15, 0.2) is 0 Å². The van der Waals surface area contributed by atoms with Gasteiger partial charge in [-0.3, -0.25) is 4.79 Å². The summed E-state index contributed by atoms with van der Waals surface area (Å²) in [7, 11) is 0. The molecule has 106 valence electrons. The van der Waals surface area contributed by atoms with E-state index in [1.807, 2.05) is 11.0 Å². The zero-order valence-electron chi connectivity index (χ0n) is 12.6. The molecule has 0 aromatic carbocycles. The van der Waals surface area contributed by atoms with Crippen molar-refractivity contribution in [2.45, 2.75) is 40.0 Å². The van der Waals surface area contributed by atoms with E-state index in [9.17, 15) is 4.79 Å². The molecule has 1 amide bonds. The van der Waals surface area contributed by atoms with Crippen molar-refractivity contribution in [3.8, 4) is 0 Å². The van der Waals surface area contributed by atoms with E-state index in [4.69, 9.17) is 0 Å². The number of rotatable bonds is 5. The number of allylic oxidation sites excluding steroid dienone is 2. The van der Waals surface area contributed by atoms with E-state index >= 15 is 0 Å². The first-order valence-electron chi connectivity index (χ1n) is 7.56. The lowest BCUT2D eigenvalue weighted by atomic mass is 9.78. The predicted octanol–water partition coefficient (Wildman–Crippen LogP) is 3.65. The van der Waals surface area contributed by atoms with E-state index in [-0.39, 0.29) is 5.91 Å². The smallest absolute Gasteiger partial charge is 0.219 e. The SMILES string of the molecule is C=CCN(C[C@H]1CC1C1CCC(C)=CC1C)C(C)=O. The Balaban J connectivity index is 1.87. The summed E-state index contributed by atoms with van der Waals surface area (Å²) in [6, 6.07) is 0. The van der Waals surface area contributed by atoms with Crippen LogP contribution in [0.1, 0.15) is 40.0 Å². The normalized spacial score (nSPS) is 33.5. The van der Waals surface area contributed by atoms with E-state index in [1.165, 1.54) is 19.3 Å². The summed E-state index contributed by atoms with van der Waals surface area (Å²) in [5.41, 5.74) is 1.55. The maximum Gasteiger partial charge on any atom is 0.219 e. The summed E-state index contributed by atoms with van der Waals surface area (Å²) in [5.74, 6) is 3.30. The Morgan fingerprint density at radius 3 is 2.84 bits per heavy atom. The van der Waals surface area contributed by atoms with Crippen LogP contribution in [0, 0.1) is 23.7 Å². The maximum absolute atomic E-state index is 11.6. The van der Waals surface area contributed by atoms with Crippen molar-refractivity contribution in [2.75, 3.05) is 13.1 Å². The molecule has 0 spiro atoms. The first kappa shape index (κ1) is 14.4. The fourth-order valence-corrected chi connectivity index (χ4v) is 3.69. The van der Waals surface area contributed by atoms with Crippen LogP contribution in [0.3, 0.4) is 0 Å². The Hall–Kier alpha value is -1.05. The average molecular weight is 261 g/mol. The Kier molecular flexibility index (Phi) is 4.49. The number of nitrogens with zero attached hydrogens (tertiary/aromatic N) is 1. The molecule has 0 N–H and O–H groups in total. The number of amides is 1. The van der Waals surface area contributed by atoms with Crippen LogP contribution in [0.25, 0.3) is 0 Å². The molecule has 19 heavy (non-hydrogen) atoms. The Bertz CT molecular complexity index is 385. The maximum atomic E-state index is 11.6. The largest absolute Gasteiger partial charge is 0.339 e. The highest BCUT2D eigenvalue weighted by atomic mass is 16.2. The van der Waals surface area contributed by atoms with Crippen molar-refractivity contribution >= 4 is 5.91 Å². The molecule has 0 radical (unpaired) electrons. The van der Waals surface area contributed by atoms with Gasteiger partial charge in [-0.1, -0.05) is 24.6 Å². The van der Waals surface area contributed by atoms with Crippen molar-refractivity contribution in [1.82, 2.24) is 4.90 Å². The summed E-state index contributed by atoms with van der Waals surface area (Å²) in [6.07, 6.45) is 8.19. The Morgan fingerprint density at radius 1 is 1.53 bits per heavy atom. The van der Waals surface area contributed by atoms with E-state index in [1.54, 1.807) is 12.5 Å². The minimum Gasteiger partial charge on any atom is -0.339 e. The van der Waals surface area contributed by atoms with Gasteiger partial charge in [-0.15, -0.1) is 6.58 Å². The van der Waals surface area contributed by atoms with Gasteiger partial charge in [-0.05, 0) is 49.9 Å². The number of carbonyl (C=O) groups excluding carboxylic acids is 1. The van der Waals surface area contributed by atoms with Crippen LogP contribution in [0.2, 0.25) is 0 Å². The molecule has 2 rings (SSSR count). The second-order valence-corrected chi connectivity index (χ2v) is 6.45. The van der Waals surface area contributed by atoms with Crippen LogP contribution in [0.15, 0.2) is 24.3 Å². The lowest BCUT2D eigenvalue weighted by molar-refractivity contribution is -0.128. The predicted molar refractivity (Wildman–Crippen MR) is 79.7 cm³/mol.